The summed E-state index contributed by atoms with van der Waals surface area (Å²) in [5, 5.41) is 3.37. The van der Waals surface area contributed by atoms with Gasteiger partial charge in [-0.1, -0.05) is 36.4 Å². The topological polar surface area (TPSA) is 101 Å². The number of ether oxygens (including phenoxy) is 2. The summed E-state index contributed by atoms with van der Waals surface area (Å²) in [5.41, 5.74) is 4.91. The number of fused-ring (bicyclic) bond motifs is 1. The molecule has 3 aromatic heterocycles. The standard InChI is InChI=1S/C34H33FN8O2/c1-23-21-44-17-16-43(23)33-28-14-15-42(34-36-18-26(35)19-37-34)20-29(28)39-32(41-33)25-10-12-27(13-11-25)38-30-8-5-9-31(40-30)45-22-24-6-3-2-4-7-24/h2-13,18-19,23H,14-17,20-22H2,1H3,(H,38,40). The maximum Gasteiger partial charge on any atom is 0.225 e. The highest BCUT2D eigenvalue weighted by Gasteiger charge is 2.29. The van der Waals surface area contributed by atoms with E-state index in [0.29, 0.717) is 56.4 Å². The number of benzene rings is 2. The van der Waals surface area contributed by atoms with E-state index in [1.165, 1.54) is 12.4 Å². The fourth-order valence-corrected chi connectivity index (χ4v) is 5.61. The quantitative estimate of drug-likeness (QED) is 0.242. The van der Waals surface area contributed by atoms with Gasteiger partial charge < -0.3 is 24.6 Å². The molecule has 45 heavy (non-hydrogen) atoms. The second-order valence-electron chi connectivity index (χ2n) is 11.1. The Hall–Kier alpha value is -5.16. The summed E-state index contributed by atoms with van der Waals surface area (Å²) in [6.07, 6.45) is 3.13. The minimum Gasteiger partial charge on any atom is -0.473 e. The smallest absolute Gasteiger partial charge is 0.225 e. The molecule has 2 aliphatic heterocycles. The minimum absolute atomic E-state index is 0.190. The van der Waals surface area contributed by atoms with Crippen LogP contribution in [-0.2, 0) is 24.3 Å². The number of pyridine rings is 1. The van der Waals surface area contributed by atoms with Crippen molar-refractivity contribution in [2.24, 2.45) is 0 Å². The van der Waals surface area contributed by atoms with Crippen LogP contribution in [0.5, 0.6) is 5.88 Å². The third-order valence-electron chi connectivity index (χ3n) is 7.94. The summed E-state index contributed by atoms with van der Waals surface area (Å²) >= 11 is 0. The molecule has 0 aliphatic carbocycles. The second-order valence-corrected chi connectivity index (χ2v) is 11.1. The average Bonchev–Trinajstić information content (AvgIpc) is 3.08. The van der Waals surface area contributed by atoms with Gasteiger partial charge in [0.15, 0.2) is 11.6 Å². The molecule has 1 saturated heterocycles. The van der Waals surface area contributed by atoms with Crippen molar-refractivity contribution in [3.63, 3.8) is 0 Å². The highest BCUT2D eigenvalue weighted by molar-refractivity contribution is 5.66. The zero-order valence-corrected chi connectivity index (χ0v) is 24.9. The largest absolute Gasteiger partial charge is 0.473 e. The summed E-state index contributed by atoms with van der Waals surface area (Å²) in [7, 11) is 0. The molecule has 0 radical (unpaired) electrons. The van der Waals surface area contributed by atoms with Gasteiger partial charge in [-0.15, -0.1) is 0 Å². The van der Waals surface area contributed by atoms with E-state index in [9.17, 15) is 4.39 Å². The second kappa shape index (κ2) is 12.8. The van der Waals surface area contributed by atoms with Gasteiger partial charge in [0.1, 0.15) is 18.2 Å². The Morgan fingerprint density at radius 1 is 0.933 bits per heavy atom. The molecule has 1 atom stereocenters. The van der Waals surface area contributed by atoms with Gasteiger partial charge in [-0.2, -0.15) is 4.98 Å². The predicted octanol–water partition coefficient (Wildman–Crippen LogP) is 5.58. The number of rotatable bonds is 8. The molecule has 11 heteroatoms. The highest BCUT2D eigenvalue weighted by atomic mass is 19.1. The van der Waals surface area contributed by atoms with Crippen LogP contribution in [0.25, 0.3) is 11.4 Å². The average molecular weight is 605 g/mol. The molecular weight excluding hydrogens is 571 g/mol. The van der Waals surface area contributed by atoms with Gasteiger partial charge in [0, 0.05) is 36.0 Å². The zero-order valence-electron chi connectivity index (χ0n) is 24.9. The number of nitrogens with one attached hydrogen (secondary N) is 1. The molecule has 0 saturated carbocycles. The lowest BCUT2D eigenvalue weighted by Gasteiger charge is -2.37. The van der Waals surface area contributed by atoms with Crippen LogP contribution in [0.2, 0.25) is 0 Å². The molecule has 7 rings (SSSR count). The Kier molecular flexibility index (Phi) is 8.15. The SMILES string of the molecule is CC1COCCN1c1nc(-c2ccc(Nc3cccc(OCc4ccccc4)n3)cc2)nc2c1CCN(c1ncc(F)cn1)C2. The van der Waals surface area contributed by atoms with Crippen molar-refractivity contribution in [2.45, 2.75) is 32.5 Å². The molecule has 2 aliphatic rings. The van der Waals surface area contributed by atoms with Crippen molar-refractivity contribution < 1.29 is 13.9 Å². The molecule has 5 heterocycles. The lowest BCUT2D eigenvalue weighted by molar-refractivity contribution is 0.0984. The number of halogens is 1. The lowest BCUT2D eigenvalue weighted by atomic mass is 10.0. The Balaban J connectivity index is 1.13. The summed E-state index contributed by atoms with van der Waals surface area (Å²) in [5.74, 6) is 2.86. The van der Waals surface area contributed by atoms with Crippen molar-refractivity contribution in [2.75, 3.05) is 41.4 Å². The van der Waals surface area contributed by atoms with E-state index in [1.54, 1.807) is 0 Å². The van der Waals surface area contributed by atoms with Crippen LogP contribution < -0.4 is 19.9 Å². The van der Waals surface area contributed by atoms with Gasteiger partial charge in [0.2, 0.25) is 11.8 Å². The Morgan fingerprint density at radius 2 is 1.76 bits per heavy atom. The maximum absolute atomic E-state index is 13.5. The van der Waals surface area contributed by atoms with Gasteiger partial charge in [-0.25, -0.2) is 24.3 Å². The third-order valence-corrected chi connectivity index (χ3v) is 7.94. The van der Waals surface area contributed by atoms with E-state index in [2.05, 4.69) is 32.1 Å². The van der Waals surface area contributed by atoms with Crippen molar-refractivity contribution in [1.29, 1.82) is 0 Å². The highest BCUT2D eigenvalue weighted by Crippen LogP contribution is 2.33. The zero-order chi connectivity index (χ0) is 30.6. The van der Waals surface area contributed by atoms with Crippen LogP contribution in [0.15, 0.2) is 85.2 Å². The number of aromatic nitrogens is 5. The Morgan fingerprint density at radius 3 is 2.56 bits per heavy atom. The van der Waals surface area contributed by atoms with Crippen molar-refractivity contribution >= 4 is 23.3 Å². The van der Waals surface area contributed by atoms with Gasteiger partial charge in [-0.05, 0) is 49.2 Å². The van der Waals surface area contributed by atoms with Gasteiger partial charge in [0.05, 0.1) is 43.9 Å². The minimum atomic E-state index is -0.456. The predicted molar refractivity (Wildman–Crippen MR) is 170 cm³/mol. The molecule has 0 spiro atoms. The number of hydrogen-bond donors (Lipinski definition) is 1. The van der Waals surface area contributed by atoms with Crippen molar-refractivity contribution in [3.8, 4) is 17.3 Å². The van der Waals surface area contributed by atoms with E-state index < -0.39 is 5.82 Å². The van der Waals surface area contributed by atoms with Crippen LogP contribution >= 0.6 is 0 Å². The molecule has 1 fully saturated rings. The molecule has 2 aromatic carbocycles. The maximum atomic E-state index is 13.5. The van der Waals surface area contributed by atoms with Gasteiger partial charge in [-0.3, -0.25) is 0 Å². The summed E-state index contributed by atoms with van der Waals surface area (Å²) < 4.78 is 25.1. The van der Waals surface area contributed by atoms with Crippen LogP contribution in [0.1, 0.15) is 23.7 Å². The first-order chi connectivity index (χ1) is 22.1. The van der Waals surface area contributed by atoms with Crippen LogP contribution in [0.3, 0.4) is 0 Å². The molecule has 5 aromatic rings. The molecule has 228 valence electrons. The summed E-state index contributed by atoms with van der Waals surface area (Å²) in [4.78, 5) is 27.5. The van der Waals surface area contributed by atoms with Crippen molar-refractivity contribution in [3.05, 3.63) is 108 Å². The summed E-state index contributed by atoms with van der Waals surface area (Å²) in [6.45, 7) is 5.88. The summed E-state index contributed by atoms with van der Waals surface area (Å²) in [6, 6.07) is 23.9. The van der Waals surface area contributed by atoms with Gasteiger partial charge >= 0.3 is 0 Å². The molecule has 0 amide bonds. The number of anilines is 4. The fourth-order valence-electron chi connectivity index (χ4n) is 5.61. The fraction of sp³-hybridized carbons (Fsp3) is 0.265. The number of morpholine rings is 1. The number of hydrogen-bond acceptors (Lipinski definition) is 10. The first-order valence-electron chi connectivity index (χ1n) is 15.1. The van der Waals surface area contributed by atoms with E-state index in [1.807, 2.05) is 77.7 Å². The molecule has 10 nitrogen and oxygen atoms in total. The Bertz CT molecular complexity index is 1760. The molecule has 1 N–H and O–H groups in total. The van der Waals surface area contributed by atoms with Gasteiger partial charge in [0.25, 0.3) is 0 Å². The van der Waals surface area contributed by atoms with E-state index in [-0.39, 0.29) is 6.04 Å². The first kappa shape index (κ1) is 28.6. The lowest BCUT2D eigenvalue weighted by Crippen LogP contribution is -2.45. The monoisotopic (exact) mass is 604 g/mol. The van der Waals surface area contributed by atoms with Crippen LogP contribution in [0, 0.1) is 5.82 Å². The normalized spacial score (nSPS) is 16.3. The molecule has 0 bridgehead atoms. The van der Waals surface area contributed by atoms with E-state index >= 15 is 0 Å². The van der Waals surface area contributed by atoms with Crippen molar-refractivity contribution in [1.82, 2.24) is 24.9 Å². The third kappa shape index (κ3) is 6.53. The Labute approximate surface area is 260 Å². The number of nitrogens with zero attached hydrogens (tertiary/aromatic N) is 7. The molecular formula is C34H33FN8O2. The molecule has 1 unspecified atom stereocenters. The first-order valence-corrected chi connectivity index (χ1v) is 15.1. The van der Waals surface area contributed by atoms with Crippen LogP contribution in [-0.4, -0.2) is 57.3 Å². The van der Waals surface area contributed by atoms with E-state index in [0.717, 1.165) is 46.9 Å². The van der Waals surface area contributed by atoms with Crippen LogP contribution in [0.4, 0.5) is 27.7 Å². The van der Waals surface area contributed by atoms with E-state index in [4.69, 9.17) is 19.4 Å².